The van der Waals surface area contributed by atoms with Gasteiger partial charge in [-0.05, 0) is 18.6 Å². The topological polar surface area (TPSA) is 54.4 Å². The molecule has 52 heavy (non-hydrogen) atoms. The van der Waals surface area contributed by atoms with Gasteiger partial charge in [-0.3, -0.25) is 9.59 Å². The van der Waals surface area contributed by atoms with Crippen molar-refractivity contribution in [2.24, 2.45) is 0 Å². The third-order valence-corrected chi connectivity index (χ3v) is 70.6. The van der Waals surface area contributed by atoms with Crippen LogP contribution in [0.15, 0.2) is 54.6 Å². The second-order valence-electron chi connectivity index (χ2n) is 6.49. The molecule has 294 valence electrons. The molecule has 0 fully saturated rings. The number of rotatable bonds is 4. The van der Waals surface area contributed by atoms with E-state index in [1.54, 1.807) is 162 Å². The molecule has 0 aliphatic heterocycles. The minimum atomic E-state index is -0.899. The number of hydrogen-bond acceptors (Lipinski definition) is 4. The summed E-state index contributed by atoms with van der Waals surface area (Å²) in [6.07, 6.45) is 0. The van der Waals surface area contributed by atoms with E-state index < -0.39 is 11.9 Å². The van der Waals surface area contributed by atoms with Crippen LogP contribution in [0.25, 0.3) is 0 Å². The second kappa shape index (κ2) is 42.5. The quantitative estimate of drug-likeness (QED) is 0.479. The standard InChI is InChI=1S/C16H14O3.S33/c1-11(16(18)19)13-8-5-9-14(10-13)15(17)12-6-3-2-4-7-12;1-3-5-7-9-11-13-15-17-19-21-23-25-27-29-31-33-32-30-28-26-24-22-20-18-16-14-12-10-8-6-4-2/h2-11H,1H3,(H,18,19);. The lowest BCUT2D eigenvalue weighted by Crippen LogP contribution is -2.09. The number of aliphatic carboxylic acids is 1. The molecule has 0 saturated heterocycles. The first kappa shape index (κ1) is 54.9. The van der Waals surface area contributed by atoms with E-state index in [-0.39, 0.29) is 5.78 Å². The van der Waals surface area contributed by atoms with E-state index in [1.165, 1.54) is 17.8 Å². The largest absolute Gasteiger partial charge is 0.481 e. The molecule has 2 aromatic carbocycles. The Morgan fingerprint density at radius 2 is 0.731 bits per heavy atom. The van der Waals surface area contributed by atoms with Crippen LogP contribution in [0.4, 0.5) is 0 Å². The van der Waals surface area contributed by atoms with Crippen molar-refractivity contribution >= 4 is 309 Å². The minimum Gasteiger partial charge on any atom is -0.481 e. The zero-order valence-corrected chi connectivity index (χ0v) is 51.0. The number of hydrogen-bond donors (Lipinski definition) is 1. The van der Waals surface area contributed by atoms with Gasteiger partial charge in [0.15, 0.2) is 5.78 Å². The Labute approximate surface area is 399 Å². The van der Waals surface area contributed by atoms with E-state index in [2.05, 4.69) is 0 Å². The van der Waals surface area contributed by atoms with Crippen LogP contribution in [-0.4, -0.2) is 16.9 Å². The van der Waals surface area contributed by atoms with Crippen LogP contribution < -0.4 is 0 Å². The molecule has 0 heterocycles. The van der Waals surface area contributed by atoms with Gasteiger partial charge in [-0.25, -0.2) is 0 Å². The Morgan fingerprint density at radius 1 is 0.442 bits per heavy atom. The van der Waals surface area contributed by atoms with Gasteiger partial charge in [0, 0.05) is 309 Å². The zero-order chi connectivity index (χ0) is 37.7. The lowest BCUT2D eigenvalue weighted by molar-refractivity contribution is -0.138. The molecule has 2 aromatic rings. The van der Waals surface area contributed by atoms with Gasteiger partial charge in [0.25, 0.3) is 0 Å². The van der Waals surface area contributed by atoms with Crippen molar-refractivity contribution in [2.75, 3.05) is 0 Å². The number of carboxylic acid groups (broad SMARTS) is 1. The van der Waals surface area contributed by atoms with Crippen LogP contribution in [0, 0.1) is 0 Å². The van der Waals surface area contributed by atoms with Crippen molar-refractivity contribution in [3.05, 3.63) is 71.3 Å². The molecule has 0 spiro atoms. The molecule has 1 unspecified atom stereocenters. The Kier molecular flexibility index (Phi) is 44.9. The van der Waals surface area contributed by atoms with Crippen LogP contribution in [0.3, 0.4) is 0 Å². The van der Waals surface area contributed by atoms with E-state index in [4.69, 9.17) is 27.5 Å². The number of carboxylic acids is 1. The molecule has 36 heteroatoms. The van der Waals surface area contributed by atoms with E-state index in [9.17, 15) is 9.59 Å². The van der Waals surface area contributed by atoms with E-state index >= 15 is 0 Å². The molecule has 0 radical (unpaired) electrons. The fourth-order valence-electron chi connectivity index (χ4n) is 2.18. The highest BCUT2D eigenvalue weighted by atomic mass is 33.5. The maximum Gasteiger partial charge on any atom is 0.310 e. The van der Waals surface area contributed by atoms with Crippen LogP contribution in [0.5, 0.6) is 0 Å². The highest BCUT2D eigenvalue weighted by Gasteiger charge is 2.16. The number of benzene rings is 2. The van der Waals surface area contributed by atoms with E-state index in [1.807, 2.05) is 157 Å². The van der Waals surface area contributed by atoms with Crippen molar-refractivity contribution < 1.29 is 14.7 Å². The summed E-state index contributed by atoms with van der Waals surface area (Å²) in [6.45, 7) is 1.61. The van der Waals surface area contributed by atoms with Crippen LogP contribution in [0.1, 0.15) is 34.3 Å². The second-order valence-corrected chi connectivity index (χ2v) is 61.3. The normalized spacial score (nSPS) is 9.17. The van der Waals surface area contributed by atoms with Crippen molar-refractivity contribution in [2.45, 2.75) is 12.8 Å². The predicted molar refractivity (Wildman–Crippen MR) is 315 cm³/mol. The first-order valence-electron chi connectivity index (χ1n) is 11.4. The van der Waals surface area contributed by atoms with Gasteiger partial charge in [-0.1, -0.05) is 48.5 Å². The summed E-state index contributed by atoms with van der Waals surface area (Å²) < 4.78 is 0. The molecule has 2 rings (SSSR count). The van der Waals surface area contributed by atoms with Crippen LogP contribution >= 0.6 is 0 Å². The molecule has 0 aromatic heterocycles. The highest BCUT2D eigenvalue weighted by molar-refractivity contribution is 8.80. The Bertz CT molecular complexity index is 2880. The van der Waals surface area contributed by atoms with Gasteiger partial charge < -0.3 is 5.11 Å². The lowest BCUT2D eigenvalue weighted by Gasteiger charge is -2.08. The fraction of sp³-hybridized carbons (Fsp3) is 0.125. The first-order valence-corrected chi connectivity index (χ1v) is 54.0. The Morgan fingerprint density at radius 3 is 1.02 bits per heavy atom. The van der Waals surface area contributed by atoms with Gasteiger partial charge in [-0.2, -0.15) is 0 Å². The molecule has 3 nitrogen and oxygen atoms in total. The summed E-state index contributed by atoms with van der Waals surface area (Å²) in [6, 6.07) is 15.7. The summed E-state index contributed by atoms with van der Waals surface area (Å²) in [4.78, 5) is 23.2. The van der Waals surface area contributed by atoms with Crippen molar-refractivity contribution in [1.82, 2.24) is 0 Å². The monoisotopic (exact) mass is 1310 g/mol. The summed E-state index contributed by atoms with van der Waals surface area (Å²) in [5, 5.41) is 9.00. The van der Waals surface area contributed by atoms with Crippen LogP contribution in [-0.2, 0) is 302 Å². The molecular weight excluding hydrogens is 1300 g/mol. The first-order chi connectivity index (χ1) is 25.5. The number of ketones is 1. The third kappa shape index (κ3) is 33.5. The van der Waals surface area contributed by atoms with Gasteiger partial charge in [0.2, 0.25) is 0 Å². The van der Waals surface area contributed by atoms with Gasteiger partial charge >= 0.3 is 5.97 Å². The summed E-state index contributed by atoms with van der Waals surface area (Å²) in [5.74, 6) is -1.62. The zero-order valence-electron chi connectivity index (χ0n) is 24.0. The van der Waals surface area contributed by atoms with E-state index in [0.717, 1.165) is 0 Å². The molecule has 1 atom stereocenters. The summed E-state index contributed by atoms with van der Waals surface area (Å²) in [7, 11) is 54.6. The third-order valence-electron chi connectivity index (χ3n) is 3.89. The highest BCUT2D eigenvalue weighted by Crippen LogP contribution is 2.18. The Hall–Kier alpha value is 4.84. The number of carbonyl (C=O) groups excluding carboxylic acids is 1. The van der Waals surface area contributed by atoms with Gasteiger partial charge in [-0.15, -0.1) is 0 Å². The molecule has 0 amide bonds. The minimum absolute atomic E-state index is 0.0972. The summed E-state index contributed by atoms with van der Waals surface area (Å²) >= 11 is 9.59. The van der Waals surface area contributed by atoms with E-state index in [0.29, 0.717) is 16.7 Å². The molecular formula is C16H14O3S33. The number of carbonyl (C=O) groups is 2. The average Bonchev–Trinajstić information content (AvgIpc) is 3.17. The van der Waals surface area contributed by atoms with Crippen molar-refractivity contribution in [1.29, 1.82) is 0 Å². The van der Waals surface area contributed by atoms with Crippen molar-refractivity contribution in [3.8, 4) is 0 Å². The fourth-order valence-corrected chi connectivity index (χ4v) is 81.8. The lowest BCUT2D eigenvalue weighted by atomic mass is 9.96. The molecule has 0 aliphatic rings. The van der Waals surface area contributed by atoms with Crippen LogP contribution in [0.2, 0.25) is 0 Å². The molecule has 0 bridgehead atoms. The maximum atomic E-state index is 12.2. The predicted octanol–water partition coefficient (Wildman–Crippen LogP) is 3.03. The van der Waals surface area contributed by atoms with Gasteiger partial charge in [0.1, 0.15) is 0 Å². The molecule has 1 N–H and O–H groups in total. The average molecular weight is 1310 g/mol. The maximum absolute atomic E-state index is 12.2. The SMILES string of the molecule is CC(C(=O)O)c1cccc(C(=O)c2ccccc2)c1.S=S=S=S=S=S=S=S=S=S=S=S=S=S=S=S=S=S=S=S=S=S=S=S=S=S=S=S=S=S=S=S=S. The molecule has 0 aliphatic carbocycles. The Balaban J connectivity index is 0.000000595. The summed E-state index contributed by atoms with van der Waals surface area (Å²) in [5.41, 5.74) is 1.74. The molecule has 0 saturated carbocycles. The van der Waals surface area contributed by atoms with Gasteiger partial charge in [0.05, 0.1) is 5.92 Å². The van der Waals surface area contributed by atoms with Crippen molar-refractivity contribution in [3.63, 3.8) is 0 Å². The smallest absolute Gasteiger partial charge is 0.310 e.